The van der Waals surface area contributed by atoms with E-state index in [1.54, 1.807) is 18.3 Å². The molecule has 2 saturated carbocycles. The monoisotopic (exact) mass is 391 g/mol. The van der Waals surface area contributed by atoms with Crippen molar-refractivity contribution in [3.63, 3.8) is 0 Å². The van der Waals surface area contributed by atoms with Gasteiger partial charge in [0.2, 0.25) is 15.9 Å². The maximum Gasteiger partial charge on any atom is 0.244 e. The second-order valence-corrected chi connectivity index (χ2v) is 10.4. The molecule has 0 radical (unpaired) electrons. The number of nitrogens with one attached hydrogen (secondary N) is 1. The van der Waals surface area contributed by atoms with E-state index in [9.17, 15) is 13.2 Å². The van der Waals surface area contributed by atoms with Gasteiger partial charge in [0.05, 0.1) is 0 Å². The minimum absolute atomic E-state index is 0.0913. The number of piperidine rings is 1. The van der Waals surface area contributed by atoms with Gasteiger partial charge in [0.25, 0.3) is 0 Å². The molecule has 1 amide bonds. The van der Waals surface area contributed by atoms with Crippen molar-refractivity contribution in [3.8, 4) is 0 Å². The zero-order valence-electron chi connectivity index (χ0n) is 15.9. The van der Waals surface area contributed by atoms with Gasteiger partial charge in [-0.25, -0.2) is 8.42 Å². The molecule has 1 saturated heterocycles. The lowest BCUT2D eigenvalue weighted by Crippen LogP contribution is -2.47. The number of nitrogens with zero attached hydrogens (tertiary/aromatic N) is 2. The zero-order valence-corrected chi connectivity index (χ0v) is 16.7. The highest BCUT2D eigenvalue weighted by Crippen LogP contribution is 2.49. The number of fused-ring (bicyclic) bond motifs is 2. The molecule has 2 aliphatic carbocycles. The fourth-order valence-corrected chi connectivity index (χ4v) is 6.80. The third-order valence-corrected chi connectivity index (χ3v) is 8.78. The van der Waals surface area contributed by atoms with E-state index < -0.39 is 10.0 Å². The van der Waals surface area contributed by atoms with Gasteiger partial charge in [-0.15, -0.1) is 0 Å². The summed E-state index contributed by atoms with van der Waals surface area (Å²) in [7, 11) is -3.51. The molecule has 27 heavy (non-hydrogen) atoms. The van der Waals surface area contributed by atoms with Crippen LogP contribution in [0.4, 0.5) is 0 Å². The van der Waals surface area contributed by atoms with E-state index in [0.29, 0.717) is 31.8 Å². The third kappa shape index (κ3) is 3.76. The highest BCUT2D eigenvalue weighted by atomic mass is 32.2. The van der Waals surface area contributed by atoms with Gasteiger partial charge in [0, 0.05) is 37.4 Å². The number of carbonyl (C=O) groups is 1. The van der Waals surface area contributed by atoms with Crippen molar-refractivity contribution in [3.05, 3.63) is 24.5 Å². The first kappa shape index (κ1) is 18.9. The Morgan fingerprint density at radius 3 is 2.59 bits per heavy atom. The molecular formula is C20H29N3O3S. The summed E-state index contributed by atoms with van der Waals surface area (Å²) in [4.78, 5) is 16.8. The Hall–Kier alpha value is -1.47. The average molecular weight is 392 g/mol. The molecule has 0 aromatic carbocycles. The summed E-state index contributed by atoms with van der Waals surface area (Å²) in [5, 5.41) is 3.24. The van der Waals surface area contributed by atoms with Crippen LogP contribution in [0.15, 0.2) is 29.4 Å². The highest BCUT2D eigenvalue weighted by molar-refractivity contribution is 7.89. The van der Waals surface area contributed by atoms with Gasteiger partial charge < -0.3 is 5.32 Å². The molecule has 3 aliphatic rings. The second kappa shape index (κ2) is 7.51. The van der Waals surface area contributed by atoms with Crippen molar-refractivity contribution in [2.45, 2.75) is 56.4 Å². The minimum Gasteiger partial charge on any atom is -0.353 e. The molecule has 3 fully saturated rings. The molecule has 1 aliphatic heterocycles. The summed E-state index contributed by atoms with van der Waals surface area (Å²) >= 11 is 0. The van der Waals surface area contributed by atoms with Crippen molar-refractivity contribution in [1.29, 1.82) is 0 Å². The molecule has 0 unspecified atom stereocenters. The van der Waals surface area contributed by atoms with Crippen LogP contribution in [0.2, 0.25) is 0 Å². The molecule has 0 spiro atoms. The van der Waals surface area contributed by atoms with Crippen LogP contribution in [0.5, 0.6) is 0 Å². The van der Waals surface area contributed by atoms with Gasteiger partial charge in [-0.3, -0.25) is 9.78 Å². The number of rotatable bonds is 5. The Bertz CT molecular complexity index is 775. The third-order valence-electron chi connectivity index (χ3n) is 6.90. The summed E-state index contributed by atoms with van der Waals surface area (Å²) in [6, 6.07) is 3.42. The lowest BCUT2D eigenvalue weighted by atomic mass is 9.83. The predicted octanol–water partition coefficient (Wildman–Crippen LogP) is 2.42. The van der Waals surface area contributed by atoms with Gasteiger partial charge in [-0.1, -0.05) is 6.42 Å². The van der Waals surface area contributed by atoms with E-state index in [4.69, 9.17) is 0 Å². The lowest BCUT2D eigenvalue weighted by molar-refractivity contribution is -0.127. The normalized spacial score (nSPS) is 30.3. The SMILES string of the molecule is C[C@H](NC(=O)C1CCN(S(=O)(=O)c2cccnc2)CC1)[C@@H]1C[C@H]2CC[C@H]1C2. The maximum atomic E-state index is 12.7. The van der Waals surface area contributed by atoms with E-state index in [2.05, 4.69) is 17.2 Å². The Kier molecular flexibility index (Phi) is 5.25. The summed E-state index contributed by atoms with van der Waals surface area (Å²) < 4.78 is 26.8. The van der Waals surface area contributed by atoms with E-state index >= 15 is 0 Å². The number of sulfonamides is 1. The zero-order chi connectivity index (χ0) is 19.0. The van der Waals surface area contributed by atoms with Crippen LogP contribution in [0.1, 0.15) is 45.4 Å². The van der Waals surface area contributed by atoms with E-state index in [0.717, 1.165) is 11.8 Å². The molecular weight excluding hydrogens is 362 g/mol. The first-order chi connectivity index (χ1) is 12.9. The van der Waals surface area contributed by atoms with Gasteiger partial charge in [-0.05, 0) is 68.9 Å². The van der Waals surface area contributed by atoms with Gasteiger partial charge >= 0.3 is 0 Å². The Morgan fingerprint density at radius 1 is 1.22 bits per heavy atom. The number of hydrogen-bond acceptors (Lipinski definition) is 4. The van der Waals surface area contributed by atoms with Crippen molar-refractivity contribution >= 4 is 15.9 Å². The van der Waals surface area contributed by atoms with Gasteiger partial charge in [-0.2, -0.15) is 4.31 Å². The highest BCUT2D eigenvalue weighted by Gasteiger charge is 2.42. The Morgan fingerprint density at radius 2 is 2.00 bits per heavy atom. The molecule has 148 valence electrons. The van der Waals surface area contributed by atoms with Crippen LogP contribution >= 0.6 is 0 Å². The van der Waals surface area contributed by atoms with Crippen LogP contribution in [0, 0.1) is 23.7 Å². The molecule has 4 atom stereocenters. The number of hydrogen-bond donors (Lipinski definition) is 1. The van der Waals surface area contributed by atoms with Gasteiger partial charge in [0.15, 0.2) is 0 Å². The van der Waals surface area contributed by atoms with E-state index in [1.807, 2.05) is 0 Å². The quantitative estimate of drug-likeness (QED) is 0.836. The van der Waals surface area contributed by atoms with Crippen LogP contribution in [0.3, 0.4) is 0 Å². The Labute approximate surface area is 161 Å². The smallest absolute Gasteiger partial charge is 0.244 e. The first-order valence-electron chi connectivity index (χ1n) is 10.2. The average Bonchev–Trinajstić information content (AvgIpc) is 3.32. The molecule has 2 heterocycles. The van der Waals surface area contributed by atoms with E-state index in [-0.39, 0.29) is 22.8 Å². The fraction of sp³-hybridized carbons (Fsp3) is 0.700. The Balaban J connectivity index is 1.30. The van der Waals surface area contributed by atoms with Crippen molar-refractivity contribution in [2.75, 3.05) is 13.1 Å². The largest absolute Gasteiger partial charge is 0.353 e. The van der Waals surface area contributed by atoms with E-state index in [1.165, 1.54) is 36.2 Å². The molecule has 1 aromatic heterocycles. The maximum absolute atomic E-state index is 12.7. The molecule has 1 aromatic rings. The summed E-state index contributed by atoms with van der Waals surface area (Å²) in [5.41, 5.74) is 0. The van der Waals surface area contributed by atoms with Crippen LogP contribution in [0.25, 0.3) is 0 Å². The standard InChI is InChI=1S/C20H29N3O3S/c1-14(19-12-15-4-5-17(19)11-15)22-20(24)16-6-9-23(10-7-16)27(25,26)18-3-2-8-21-13-18/h2-3,8,13-17,19H,4-7,9-12H2,1H3,(H,22,24)/t14-,15-,17-,19-/m0/s1. The number of pyridine rings is 1. The lowest BCUT2D eigenvalue weighted by Gasteiger charge is -2.33. The van der Waals surface area contributed by atoms with Crippen molar-refractivity contribution < 1.29 is 13.2 Å². The first-order valence-corrected chi connectivity index (χ1v) is 11.6. The number of amides is 1. The molecule has 2 bridgehead atoms. The summed E-state index contributed by atoms with van der Waals surface area (Å²) in [6.07, 6.45) is 9.39. The number of aromatic nitrogens is 1. The molecule has 7 heteroatoms. The van der Waals surface area contributed by atoms with Crippen molar-refractivity contribution in [2.24, 2.45) is 23.7 Å². The number of carbonyl (C=O) groups excluding carboxylic acids is 1. The predicted molar refractivity (Wildman–Crippen MR) is 102 cm³/mol. The molecule has 1 N–H and O–H groups in total. The molecule has 6 nitrogen and oxygen atoms in total. The van der Waals surface area contributed by atoms with Crippen LogP contribution in [-0.2, 0) is 14.8 Å². The summed E-state index contributed by atoms with van der Waals surface area (Å²) in [5.74, 6) is 2.30. The second-order valence-electron chi connectivity index (χ2n) is 8.50. The minimum atomic E-state index is -3.51. The van der Waals surface area contributed by atoms with Gasteiger partial charge in [0.1, 0.15) is 4.90 Å². The molecule has 4 rings (SSSR count). The van der Waals surface area contributed by atoms with Crippen molar-refractivity contribution in [1.82, 2.24) is 14.6 Å². The topological polar surface area (TPSA) is 79.4 Å². The van der Waals surface area contributed by atoms with Crippen LogP contribution < -0.4 is 5.32 Å². The summed E-state index contributed by atoms with van der Waals surface area (Å²) in [6.45, 7) is 2.92. The fourth-order valence-electron chi connectivity index (χ4n) is 5.36. The van der Waals surface area contributed by atoms with Crippen LogP contribution in [-0.4, -0.2) is 42.7 Å².